The Kier molecular flexibility index (Phi) is 7.74. The summed E-state index contributed by atoms with van der Waals surface area (Å²) in [5.41, 5.74) is 15.5. The van der Waals surface area contributed by atoms with Crippen LogP contribution in [-0.4, -0.2) is 29.9 Å². The maximum Gasteiger partial charge on any atom is 0.0972 e. The first-order chi connectivity index (χ1) is 29.7. The quantitative estimate of drug-likeness (QED) is 0.162. The molecule has 0 saturated carbocycles. The van der Waals surface area contributed by atoms with E-state index in [-0.39, 0.29) is 0 Å². The molecule has 60 heavy (non-hydrogen) atoms. The van der Waals surface area contributed by atoms with Crippen LogP contribution >= 0.6 is 0 Å². The van der Waals surface area contributed by atoms with Crippen molar-refractivity contribution in [3.63, 3.8) is 0 Å². The van der Waals surface area contributed by atoms with Crippen LogP contribution in [0, 0.1) is 0 Å². The highest BCUT2D eigenvalue weighted by atomic mass is 14.8. The molecule has 0 atom stereocenters. The molecule has 6 nitrogen and oxygen atoms in total. The summed E-state index contributed by atoms with van der Waals surface area (Å²) in [5, 5.41) is 6.42. The van der Waals surface area contributed by atoms with Gasteiger partial charge in [-0.1, -0.05) is 127 Å². The topological polar surface area (TPSA) is 77.3 Å². The Labute approximate surface area is 344 Å². The van der Waals surface area contributed by atoms with Crippen molar-refractivity contribution < 1.29 is 0 Å². The first kappa shape index (κ1) is 33.9. The van der Waals surface area contributed by atoms with Crippen LogP contribution in [0.25, 0.3) is 122 Å². The van der Waals surface area contributed by atoms with Crippen molar-refractivity contribution in [2.45, 2.75) is 0 Å². The standard InChI is InChI=1S/C54H32N6/c1-2-6-34(7-3-1)46-26-22-38-16-17-39-23-27-48(60-53(39)52(38)59-46)41-19-15-37-21-25-47(58-50(37)32-41)40-18-14-36-20-24-45(57-49(36)31-40)35-12-10-33(11-13-35)44-30-42-8-4-28-55-51(42)54-43(44)9-5-29-56-54/h1-32H. The van der Waals surface area contributed by atoms with E-state index in [1.54, 1.807) is 0 Å². The molecule has 0 radical (unpaired) electrons. The average Bonchev–Trinajstić information content (AvgIpc) is 3.33. The second-order valence-electron chi connectivity index (χ2n) is 15.2. The number of aromatic nitrogens is 6. The molecule has 0 fully saturated rings. The largest absolute Gasteiger partial charge is 0.254 e. The Morgan fingerprint density at radius 2 is 0.733 bits per heavy atom. The van der Waals surface area contributed by atoms with E-state index in [0.717, 1.165) is 122 Å². The van der Waals surface area contributed by atoms with E-state index in [1.165, 1.54) is 0 Å². The third kappa shape index (κ3) is 5.81. The van der Waals surface area contributed by atoms with Gasteiger partial charge in [-0.3, -0.25) is 9.97 Å². The van der Waals surface area contributed by atoms with Crippen LogP contribution in [0.1, 0.15) is 0 Å². The Bertz CT molecular complexity index is 3660. The van der Waals surface area contributed by atoms with Crippen LogP contribution in [0.2, 0.25) is 0 Å². The molecule has 6 heteroatoms. The minimum absolute atomic E-state index is 0.881. The van der Waals surface area contributed by atoms with Crippen LogP contribution in [0.15, 0.2) is 194 Å². The predicted molar refractivity (Wildman–Crippen MR) is 245 cm³/mol. The number of hydrogen-bond acceptors (Lipinski definition) is 6. The summed E-state index contributed by atoms with van der Waals surface area (Å²) in [4.78, 5) is 29.9. The predicted octanol–water partition coefficient (Wildman–Crippen LogP) is 13.3. The number of fused-ring (bicyclic) bond motifs is 8. The van der Waals surface area contributed by atoms with E-state index in [9.17, 15) is 0 Å². The summed E-state index contributed by atoms with van der Waals surface area (Å²) in [5.74, 6) is 0. The van der Waals surface area contributed by atoms with Gasteiger partial charge in [0.1, 0.15) is 0 Å². The molecular weight excluding hydrogens is 733 g/mol. The first-order valence-electron chi connectivity index (χ1n) is 20.0. The minimum atomic E-state index is 0.881. The lowest BCUT2D eigenvalue weighted by Crippen LogP contribution is -1.92. The van der Waals surface area contributed by atoms with Gasteiger partial charge >= 0.3 is 0 Å². The minimum Gasteiger partial charge on any atom is -0.254 e. The number of pyridine rings is 6. The van der Waals surface area contributed by atoms with Gasteiger partial charge in [0, 0.05) is 67.0 Å². The first-order valence-corrected chi connectivity index (χ1v) is 20.0. The zero-order valence-corrected chi connectivity index (χ0v) is 32.2. The number of nitrogens with zero attached hydrogens (tertiary/aromatic N) is 6. The van der Waals surface area contributed by atoms with Gasteiger partial charge in [0.15, 0.2) is 0 Å². The lowest BCUT2D eigenvalue weighted by atomic mass is 9.96. The van der Waals surface area contributed by atoms with Gasteiger partial charge < -0.3 is 0 Å². The van der Waals surface area contributed by atoms with Crippen LogP contribution in [0.5, 0.6) is 0 Å². The summed E-state index contributed by atoms with van der Waals surface area (Å²) >= 11 is 0. The maximum atomic E-state index is 5.20. The second-order valence-corrected chi connectivity index (χ2v) is 15.2. The Hall–Kier alpha value is -8.22. The fraction of sp³-hybridized carbons (Fsp3) is 0. The number of rotatable bonds is 5. The fourth-order valence-electron chi connectivity index (χ4n) is 8.41. The zero-order valence-electron chi connectivity index (χ0n) is 32.2. The SMILES string of the molecule is c1ccc(-c2ccc3ccc4ccc(-c5ccc6ccc(-c7ccc8ccc(-c9ccc(-c%10cc%11cccnc%11c%11ncccc%10%11)cc9)nc8c7)nc6c5)nc4c3n2)cc1. The molecule has 0 spiro atoms. The van der Waals surface area contributed by atoms with Gasteiger partial charge in [0.25, 0.3) is 0 Å². The van der Waals surface area contributed by atoms with E-state index in [2.05, 4.69) is 157 Å². The smallest absolute Gasteiger partial charge is 0.0972 e. The molecule has 6 aromatic heterocycles. The Morgan fingerprint density at radius 1 is 0.267 bits per heavy atom. The Balaban J connectivity index is 0.871. The van der Waals surface area contributed by atoms with Crippen LogP contribution in [-0.2, 0) is 0 Å². The molecule has 0 bridgehead atoms. The van der Waals surface area contributed by atoms with Crippen molar-refractivity contribution in [1.29, 1.82) is 0 Å². The summed E-state index contributed by atoms with van der Waals surface area (Å²) in [7, 11) is 0. The second kappa shape index (κ2) is 13.7. The molecule has 0 saturated heterocycles. The van der Waals surface area contributed by atoms with Gasteiger partial charge in [-0.15, -0.1) is 0 Å². The highest BCUT2D eigenvalue weighted by molar-refractivity contribution is 6.10. The van der Waals surface area contributed by atoms with Gasteiger partial charge in [0.2, 0.25) is 0 Å². The average molecular weight is 765 g/mol. The van der Waals surface area contributed by atoms with Crippen LogP contribution in [0.4, 0.5) is 0 Å². The summed E-state index contributed by atoms with van der Waals surface area (Å²) in [6.45, 7) is 0. The molecule has 0 unspecified atom stereocenters. The molecule has 0 aliphatic rings. The van der Waals surface area contributed by atoms with Crippen molar-refractivity contribution in [3.05, 3.63) is 194 Å². The highest BCUT2D eigenvalue weighted by Gasteiger charge is 2.13. The monoisotopic (exact) mass is 764 g/mol. The van der Waals surface area contributed by atoms with Crippen molar-refractivity contribution >= 4 is 65.4 Å². The molecule has 0 aliphatic heterocycles. The molecular formula is C54H32N6. The molecule has 12 rings (SSSR count). The highest BCUT2D eigenvalue weighted by Crippen LogP contribution is 2.35. The van der Waals surface area contributed by atoms with E-state index in [1.807, 2.05) is 42.7 Å². The van der Waals surface area contributed by atoms with Gasteiger partial charge in [0.05, 0.1) is 55.9 Å². The van der Waals surface area contributed by atoms with Gasteiger partial charge in [-0.2, -0.15) is 0 Å². The molecule has 6 heterocycles. The van der Waals surface area contributed by atoms with Crippen LogP contribution < -0.4 is 0 Å². The van der Waals surface area contributed by atoms with Crippen molar-refractivity contribution in [2.75, 3.05) is 0 Å². The maximum absolute atomic E-state index is 5.20. The molecule has 0 N–H and O–H groups in total. The number of benzene rings is 6. The third-order valence-corrected chi connectivity index (χ3v) is 11.5. The van der Waals surface area contributed by atoms with Crippen molar-refractivity contribution in [3.8, 4) is 56.2 Å². The Morgan fingerprint density at radius 3 is 1.38 bits per heavy atom. The molecule has 0 amide bonds. The lowest BCUT2D eigenvalue weighted by Gasteiger charge is -2.11. The van der Waals surface area contributed by atoms with E-state index in [0.29, 0.717) is 0 Å². The normalized spacial score (nSPS) is 11.7. The number of hydrogen-bond donors (Lipinski definition) is 0. The third-order valence-electron chi connectivity index (χ3n) is 11.5. The lowest BCUT2D eigenvalue weighted by molar-refractivity contribution is 1.36. The van der Waals surface area contributed by atoms with E-state index < -0.39 is 0 Å². The fourth-order valence-corrected chi connectivity index (χ4v) is 8.41. The van der Waals surface area contributed by atoms with Crippen molar-refractivity contribution in [2.24, 2.45) is 0 Å². The van der Waals surface area contributed by atoms with Gasteiger partial charge in [-0.25, -0.2) is 19.9 Å². The van der Waals surface area contributed by atoms with E-state index >= 15 is 0 Å². The molecule has 0 aliphatic carbocycles. The van der Waals surface area contributed by atoms with Crippen molar-refractivity contribution in [1.82, 2.24) is 29.9 Å². The summed E-state index contributed by atoms with van der Waals surface area (Å²) < 4.78 is 0. The van der Waals surface area contributed by atoms with Gasteiger partial charge in [-0.05, 0) is 65.7 Å². The van der Waals surface area contributed by atoms with E-state index in [4.69, 9.17) is 24.9 Å². The zero-order chi connectivity index (χ0) is 39.6. The molecule has 6 aromatic carbocycles. The summed E-state index contributed by atoms with van der Waals surface area (Å²) in [6, 6.07) is 63.2. The summed E-state index contributed by atoms with van der Waals surface area (Å²) in [6.07, 6.45) is 3.65. The molecule has 12 aromatic rings. The van der Waals surface area contributed by atoms with Crippen LogP contribution in [0.3, 0.4) is 0 Å². The molecule has 278 valence electrons.